The van der Waals surface area contributed by atoms with Crippen LogP contribution in [0.2, 0.25) is 5.15 Å². The number of esters is 1. The first-order valence-corrected chi connectivity index (χ1v) is 7.97. The minimum atomic E-state index is -0.755. The van der Waals surface area contributed by atoms with Gasteiger partial charge in [-0.3, -0.25) is 4.79 Å². The molecule has 0 saturated heterocycles. The maximum absolute atomic E-state index is 12.5. The average Bonchev–Trinajstić information content (AvgIpc) is 2.85. The van der Waals surface area contributed by atoms with E-state index in [1.807, 2.05) is 0 Å². The molecule has 1 heterocycles. The minimum absolute atomic E-state index is 0.0434. The average molecular weight is 324 g/mol. The molecule has 3 rings (SSSR count). The Morgan fingerprint density at radius 2 is 2.05 bits per heavy atom. The molecule has 2 aliphatic carbocycles. The molecule has 22 heavy (non-hydrogen) atoms. The van der Waals surface area contributed by atoms with Crippen LogP contribution in [-0.2, 0) is 11.2 Å². The lowest BCUT2D eigenvalue weighted by molar-refractivity contribution is 0.0522. The van der Waals surface area contributed by atoms with Gasteiger partial charge in [-0.1, -0.05) is 24.4 Å². The van der Waals surface area contributed by atoms with E-state index in [0.29, 0.717) is 18.5 Å². The van der Waals surface area contributed by atoms with Gasteiger partial charge in [0.15, 0.2) is 5.78 Å². The van der Waals surface area contributed by atoms with E-state index in [1.165, 1.54) is 0 Å². The van der Waals surface area contributed by atoms with Gasteiger partial charge >= 0.3 is 5.97 Å². The lowest BCUT2D eigenvalue weighted by Gasteiger charge is -2.33. The maximum Gasteiger partial charge on any atom is 0.345 e. The highest BCUT2D eigenvalue weighted by Gasteiger charge is 2.43. The molecule has 0 radical (unpaired) electrons. The lowest BCUT2D eigenvalue weighted by Crippen LogP contribution is -2.31. The number of aromatic nitrogens is 1. The predicted molar refractivity (Wildman–Crippen MR) is 80.4 cm³/mol. The first-order chi connectivity index (χ1) is 10.5. The van der Waals surface area contributed by atoms with Gasteiger partial charge in [0.25, 0.3) is 0 Å². The number of ketones is 1. The Kier molecular flexibility index (Phi) is 3.85. The number of halogens is 1. The standard InChI is InChI=1S/C16H18ClNO4/c1-2-22-15(21)12-13(20)11-9(18-14(12)17)7-16(8-10(11)19)5-3-4-6-16/h2-8H2,1H3,(H,18,20). The summed E-state index contributed by atoms with van der Waals surface area (Å²) in [6, 6.07) is 0. The molecule has 1 saturated carbocycles. The van der Waals surface area contributed by atoms with Crippen LogP contribution in [0.25, 0.3) is 0 Å². The van der Waals surface area contributed by atoms with Gasteiger partial charge in [-0.05, 0) is 31.6 Å². The Balaban J connectivity index is 2.07. The van der Waals surface area contributed by atoms with Crippen molar-refractivity contribution in [3.63, 3.8) is 0 Å². The summed E-state index contributed by atoms with van der Waals surface area (Å²) >= 11 is 6.06. The van der Waals surface area contributed by atoms with E-state index in [2.05, 4.69) is 4.98 Å². The number of fused-ring (bicyclic) bond motifs is 1. The molecule has 5 nitrogen and oxygen atoms in total. The van der Waals surface area contributed by atoms with Gasteiger partial charge in [0.05, 0.1) is 17.9 Å². The highest BCUT2D eigenvalue weighted by Crippen LogP contribution is 2.49. The van der Waals surface area contributed by atoms with Gasteiger partial charge in [-0.15, -0.1) is 0 Å². The SMILES string of the molecule is CCOC(=O)c1c(Cl)nc2c(c1O)C(=O)CC1(CCCC1)C2. The molecule has 118 valence electrons. The Hall–Kier alpha value is -1.62. The monoisotopic (exact) mass is 323 g/mol. The zero-order valence-electron chi connectivity index (χ0n) is 12.4. The van der Waals surface area contributed by atoms with Crippen molar-refractivity contribution in [1.82, 2.24) is 4.98 Å². The van der Waals surface area contributed by atoms with E-state index in [4.69, 9.17) is 16.3 Å². The molecule has 0 atom stereocenters. The summed E-state index contributed by atoms with van der Waals surface area (Å²) in [5, 5.41) is 10.3. The number of nitrogens with zero attached hydrogens (tertiary/aromatic N) is 1. The highest BCUT2D eigenvalue weighted by atomic mass is 35.5. The third-order valence-corrected chi connectivity index (χ3v) is 4.98. The molecule has 0 bridgehead atoms. The number of aromatic hydroxyl groups is 1. The fourth-order valence-corrected chi connectivity index (χ4v) is 3.99. The molecule has 6 heteroatoms. The van der Waals surface area contributed by atoms with E-state index < -0.39 is 5.97 Å². The van der Waals surface area contributed by atoms with Crippen LogP contribution in [0, 0.1) is 5.41 Å². The van der Waals surface area contributed by atoms with Crippen molar-refractivity contribution < 1.29 is 19.4 Å². The molecular formula is C16H18ClNO4. The Bertz CT molecular complexity index is 650. The van der Waals surface area contributed by atoms with Crippen LogP contribution >= 0.6 is 11.6 Å². The van der Waals surface area contributed by atoms with E-state index in [1.54, 1.807) is 6.92 Å². The van der Waals surface area contributed by atoms with Crippen molar-refractivity contribution in [2.75, 3.05) is 6.61 Å². The van der Waals surface area contributed by atoms with Crippen LogP contribution in [0.3, 0.4) is 0 Å². The predicted octanol–water partition coefficient (Wildman–Crippen LogP) is 3.31. The third-order valence-electron chi connectivity index (χ3n) is 4.70. The molecule has 1 N–H and O–H groups in total. The maximum atomic E-state index is 12.5. The normalized spacial score (nSPS) is 19.3. The molecule has 1 aromatic heterocycles. The number of rotatable bonds is 2. The Labute approximate surface area is 133 Å². The Morgan fingerprint density at radius 1 is 1.36 bits per heavy atom. The minimum Gasteiger partial charge on any atom is -0.506 e. The first-order valence-electron chi connectivity index (χ1n) is 7.59. The molecule has 1 fully saturated rings. The van der Waals surface area contributed by atoms with Crippen molar-refractivity contribution in [3.05, 3.63) is 22.0 Å². The zero-order valence-corrected chi connectivity index (χ0v) is 13.2. The number of carbonyl (C=O) groups is 2. The quantitative estimate of drug-likeness (QED) is 0.667. The third kappa shape index (κ3) is 2.37. The second kappa shape index (κ2) is 5.54. The number of hydrogen-bond donors (Lipinski definition) is 1. The van der Waals surface area contributed by atoms with E-state index in [-0.39, 0.29) is 39.8 Å². The van der Waals surface area contributed by atoms with Crippen LogP contribution in [0.4, 0.5) is 0 Å². The van der Waals surface area contributed by atoms with Crippen LogP contribution in [0.1, 0.15) is 65.4 Å². The van der Waals surface area contributed by atoms with Crippen molar-refractivity contribution in [2.24, 2.45) is 5.41 Å². The summed E-state index contributed by atoms with van der Waals surface area (Å²) < 4.78 is 4.87. The van der Waals surface area contributed by atoms with Gasteiger partial charge in [-0.2, -0.15) is 0 Å². The number of Topliss-reactive ketones (excluding diaryl/α,β-unsaturated/α-hetero) is 1. The van der Waals surface area contributed by atoms with E-state index >= 15 is 0 Å². The summed E-state index contributed by atoms with van der Waals surface area (Å²) in [6.07, 6.45) is 5.26. The summed E-state index contributed by atoms with van der Waals surface area (Å²) in [7, 11) is 0. The molecule has 0 amide bonds. The van der Waals surface area contributed by atoms with E-state index in [9.17, 15) is 14.7 Å². The topological polar surface area (TPSA) is 76.5 Å². The highest BCUT2D eigenvalue weighted by molar-refractivity contribution is 6.33. The summed E-state index contributed by atoms with van der Waals surface area (Å²) in [4.78, 5) is 28.7. The van der Waals surface area contributed by atoms with Crippen LogP contribution < -0.4 is 0 Å². The molecule has 0 unspecified atom stereocenters. The fraction of sp³-hybridized carbons (Fsp3) is 0.562. The fourth-order valence-electron chi connectivity index (χ4n) is 3.72. The van der Waals surface area contributed by atoms with Crippen LogP contribution in [0.5, 0.6) is 5.75 Å². The number of carbonyl (C=O) groups excluding carboxylic acids is 2. The van der Waals surface area contributed by atoms with Gasteiger partial charge in [0.2, 0.25) is 0 Å². The molecule has 0 aliphatic heterocycles. The molecule has 0 aromatic carbocycles. The van der Waals surface area contributed by atoms with Crippen molar-refractivity contribution in [2.45, 2.75) is 45.4 Å². The smallest absolute Gasteiger partial charge is 0.345 e. The molecular weight excluding hydrogens is 306 g/mol. The summed E-state index contributed by atoms with van der Waals surface area (Å²) in [5.41, 5.74) is 0.398. The number of ether oxygens (including phenoxy) is 1. The second-order valence-corrected chi connectivity index (χ2v) is 6.51. The zero-order chi connectivity index (χ0) is 15.9. The van der Waals surface area contributed by atoms with Gasteiger partial charge in [0, 0.05) is 6.42 Å². The largest absolute Gasteiger partial charge is 0.506 e. The molecule has 1 aromatic rings. The molecule has 2 aliphatic rings. The van der Waals surface area contributed by atoms with Gasteiger partial charge in [-0.25, -0.2) is 9.78 Å². The number of hydrogen-bond acceptors (Lipinski definition) is 5. The van der Waals surface area contributed by atoms with Crippen molar-refractivity contribution >= 4 is 23.4 Å². The first kappa shape index (κ1) is 15.3. The second-order valence-electron chi connectivity index (χ2n) is 6.15. The van der Waals surface area contributed by atoms with Crippen LogP contribution in [0.15, 0.2) is 0 Å². The Morgan fingerprint density at radius 3 is 2.68 bits per heavy atom. The summed E-state index contributed by atoms with van der Waals surface area (Å²) in [5.74, 6) is -1.30. The lowest BCUT2D eigenvalue weighted by atomic mass is 9.71. The number of pyridine rings is 1. The van der Waals surface area contributed by atoms with E-state index in [0.717, 1.165) is 25.7 Å². The van der Waals surface area contributed by atoms with Crippen molar-refractivity contribution in [1.29, 1.82) is 0 Å². The van der Waals surface area contributed by atoms with Gasteiger partial charge < -0.3 is 9.84 Å². The summed E-state index contributed by atoms with van der Waals surface area (Å²) in [6.45, 7) is 1.81. The van der Waals surface area contributed by atoms with Crippen molar-refractivity contribution in [3.8, 4) is 5.75 Å². The molecule has 1 spiro atoms. The van der Waals surface area contributed by atoms with Crippen LogP contribution in [-0.4, -0.2) is 28.4 Å². The van der Waals surface area contributed by atoms with Gasteiger partial charge in [0.1, 0.15) is 16.5 Å².